The summed E-state index contributed by atoms with van der Waals surface area (Å²) in [5.74, 6) is 0.766. The molecule has 0 aromatic heterocycles. The van der Waals surface area contributed by atoms with Crippen molar-refractivity contribution in [3.8, 4) is 0 Å². The monoisotopic (exact) mass is 296 g/mol. The molecule has 1 heterocycles. The van der Waals surface area contributed by atoms with Gasteiger partial charge in [-0.15, -0.1) is 11.6 Å². The highest BCUT2D eigenvalue weighted by atomic mass is 35.5. The Morgan fingerprint density at radius 2 is 1.61 bits per heavy atom. The van der Waals surface area contributed by atoms with Crippen LogP contribution in [0.4, 0.5) is 0 Å². The van der Waals surface area contributed by atoms with Gasteiger partial charge in [0.15, 0.2) is 0 Å². The Morgan fingerprint density at radius 1 is 1.06 bits per heavy atom. The van der Waals surface area contributed by atoms with Crippen molar-refractivity contribution in [2.75, 3.05) is 37.8 Å². The number of halogens is 1. The lowest BCUT2D eigenvalue weighted by atomic mass is 10.1. The van der Waals surface area contributed by atoms with E-state index in [1.54, 1.807) is 4.31 Å². The minimum atomic E-state index is -3.08. The maximum atomic E-state index is 12.1. The van der Waals surface area contributed by atoms with Crippen LogP contribution in [0.5, 0.6) is 0 Å². The van der Waals surface area contributed by atoms with E-state index in [2.05, 4.69) is 25.7 Å². The normalized spacial score (nSPS) is 20.2. The topological polar surface area (TPSA) is 40.6 Å². The fourth-order valence-electron chi connectivity index (χ4n) is 2.15. The third-order valence-electron chi connectivity index (χ3n) is 3.37. The maximum Gasteiger partial charge on any atom is 0.214 e. The first-order valence-corrected chi connectivity index (χ1v) is 8.70. The summed E-state index contributed by atoms with van der Waals surface area (Å²) in [6.07, 6.45) is 1.42. The van der Waals surface area contributed by atoms with Gasteiger partial charge in [-0.25, -0.2) is 8.42 Å². The van der Waals surface area contributed by atoms with E-state index in [-0.39, 0.29) is 11.3 Å². The number of sulfonamides is 1. The van der Waals surface area contributed by atoms with E-state index in [1.165, 1.54) is 0 Å². The van der Waals surface area contributed by atoms with E-state index in [0.717, 1.165) is 19.5 Å². The lowest BCUT2D eigenvalue weighted by molar-refractivity contribution is 0.0922. The molecule has 0 spiro atoms. The Labute approximate surface area is 116 Å². The highest BCUT2D eigenvalue weighted by Crippen LogP contribution is 2.17. The van der Waals surface area contributed by atoms with Crippen molar-refractivity contribution in [3.63, 3.8) is 0 Å². The number of unbranched alkanes of at least 4 members (excludes halogenated alkanes) is 1. The highest BCUT2D eigenvalue weighted by Gasteiger charge is 2.30. The summed E-state index contributed by atoms with van der Waals surface area (Å²) in [5, 5.41) is 0. The van der Waals surface area contributed by atoms with Gasteiger partial charge in [-0.05, 0) is 33.6 Å². The third kappa shape index (κ3) is 4.68. The third-order valence-corrected chi connectivity index (χ3v) is 5.59. The molecule has 0 N–H and O–H groups in total. The largest absolute Gasteiger partial charge is 0.296 e. The fraction of sp³-hybridized carbons (Fsp3) is 1.00. The molecule has 1 rings (SSSR count). The van der Waals surface area contributed by atoms with Crippen molar-refractivity contribution < 1.29 is 8.42 Å². The molecule has 0 atom stereocenters. The lowest BCUT2D eigenvalue weighted by Crippen LogP contribution is -2.54. The van der Waals surface area contributed by atoms with Gasteiger partial charge in [-0.2, -0.15) is 4.31 Å². The van der Waals surface area contributed by atoms with Crippen LogP contribution >= 0.6 is 11.6 Å². The molecule has 0 aromatic carbocycles. The summed E-state index contributed by atoms with van der Waals surface area (Å²) >= 11 is 5.57. The van der Waals surface area contributed by atoms with Crippen molar-refractivity contribution in [1.29, 1.82) is 0 Å². The molecule has 0 radical (unpaired) electrons. The van der Waals surface area contributed by atoms with Crippen LogP contribution in [0.2, 0.25) is 0 Å². The van der Waals surface area contributed by atoms with Crippen molar-refractivity contribution in [1.82, 2.24) is 9.21 Å². The molecule has 0 amide bonds. The Balaban J connectivity index is 2.47. The number of rotatable bonds is 5. The van der Waals surface area contributed by atoms with Crippen molar-refractivity contribution in [3.05, 3.63) is 0 Å². The molecule has 18 heavy (non-hydrogen) atoms. The van der Waals surface area contributed by atoms with Crippen LogP contribution in [0.15, 0.2) is 0 Å². The standard InChI is InChI=1S/C12H25ClN2O2S/c1-12(2,3)14-7-9-15(10-8-14)18(16,17)11-5-4-6-13/h4-11H2,1-3H3. The SMILES string of the molecule is CC(C)(C)N1CCN(S(=O)(=O)CCCCCl)CC1. The smallest absolute Gasteiger partial charge is 0.214 e. The van der Waals surface area contributed by atoms with Gasteiger partial charge < -0.3 is 0 Å². The van der Waals surface area contributed by atoms with Gasteiger partial charge in [-0.1, -0.05) is 0 Å². The molecule has 4 nitrogen and oxygen atoms in total. The quantitative estimate of drug-likeness (QED) is 0.573. The molecule has 6 heteroatoms. The average Bonchev–Trinajstić information content (AvgIpc) is 2.28. The second-order valence-electron chi connectivity index (χ2n) is 5.77. The average molecular weight is 297 g/mol. The first-order chi connectivity index (χ1) is 8.27. The Hall–Kier alpha value is 0.160. The number of nitrogens with zero attached hydrogens (tertiary/aromatic N) is 2. The Bertz CT molecular complexity index is 344. The number of hydrogen-bond donors (Lipinski definition) is 0. The zero-order valence-corrected chi connectivity index (χ0v) is 13.2. The summed E-state index contributed by atoms with van der Waals surface area (Å²) in [7, 11) is -3.08. The molecule has 1 aliphatic rings. The Kier molecular flexibility index (Phi) is 5.90. The molecule has 0 bridgehead atoms. The van der Waals surface area contributed by atoms with Crippen LogP contribution in [0.1, 0.15) is 33.6 Å². The molecule has 1 saturated heterocycles. The van der Waals surface area contributed by atoms with Gasteiger partial charge in [0.25, 0.3) is 0 Å². The second kappa shape index (κ2) is 6.55. The first-order valence-electron chi connectivity index (χ1n) is 6.56. The van der Waals surface area contributed by atoms with Gasteiger partial charge in [-0.3, -0.25) is 4.90 Å². The van der Waals surface area contributed by atoms with E-state index >= 15 is 0 Å². The van der Waals surface area contributed by atoms with E-state index in [4.69, 9.17) is 11.6 Å². The van der Waals surface area contributed by atoms with Crippen LogP contribution in [-0.4, -0.2) is 61.0 Å². The molecule has 1 fully saturated rings. The Morgan fingerprint density at radius 3 is 2.06 bits per heavy atom. The number of alkyl halides is 1. The van der Waals surface area contributed by atoms with E-state index in [1.807, 2.05) is 0 Å². The molecule has 0 saturated carbocycles. The minimum Gasteiger partial charge on any atom is -0.296 e. The van der Waals surface area contributed by atoms with Crippen molar-refractivity contribution in [2.45, 2.75) is 39.2 Å². The van der Waals surface area contributed by atoms with E-state index in [0.29, 0.717) is 25.4 Å². The van der Waals surface area contributed by atoms with Gasteiger partial charge in [0.1, 0.15) is 0 Å². The zero-order valence-electron chi connectivity index (χ0n) is 11.7. The molecule has 0 unspecified atom stereocenters. The second-order valence-corrected chi connectivity index (χ2v) is 8.24. The molecular formula is C12H25ClN2O2S. The number of piperazine rings is 1. The van der Waals surface area contributed by atoms with Gasteiger partial charge >= 0.3 is 0 Å². The molecular weight excluding hydrogens is 272 g/mol. The van der Waals surface area contributed by atoms with Crippen LogP contribution in [-0.2, 0) is 10.0 Å². The van der Waals surface area contributed by atoms with Crippen LogP contribution in [0, 0.1) is 0 Å². The summed E-state index contributed by atoms with van der Waals surface area (Å²) in [4.78, 5) is 2.33. The predicted octanol–water partition coefficient (Wildman–Crippen LogP) is 1.75. The van der Waals surface area contributed by atoms with Crippen LogP contribution in [0.3, 0.4) is 0 Å². The highest BCUT2D eigenvalue weighted by molar-refractivity contribution is 7.89. The van der Waals surface area contributed by atoms with Crippen molar-refractivity contribution in [2.24, 2.45) is 0 Å². The summed E-state index contributed by atoms with van der Waals surface area (Å²) in [6, 6.07) is 0. The fourth-order valence-corrected chi connectivity index (χ4v) is 3.88. The van der Waals surface area contributed by atoms with Crippen LogP contribution < -0.4 is 0 Å². The van der Waals surface area contributed by atoms with Crippen LogP contribution in [0.25, 0.3) is 0 Å². The number of hydrogen-bond acceptors (Lipinski definition) is 3. The van der Waals surface area contributed by atoms with Gasteiger partial charge in [0, 0.05) is 37.6 Å². The molecule has 108 valence electrons. The minimum absolute atomic E-state index is 0.120. The van der Waals surface area contributed by atoms with Gasteiger partial charge in [0.05, 0.1) is 5.75 Å². The van der Waals surface area contributed by atoms with Crippen molar-refractivity contribution >= 4 is 21.6 Å². The lowest BCUT2D eigenvalue weighted by Gasteiger charge is -2.41. The van der Waals surface area contributed by atoms with E-state index < -0.39 is 10.0 Å². The molecule has 0 aromatic rings. The predicted molar refractivity (Wildman–Crippen MR) is 76.6 cm³/mol. The zero-order chi connectivity index (χ0) is 13.8. The first kappa shape index (κ1) is 16.2. The maximum absolute atomic E-state index is 12.1. The summed E-state index contributed by atoms with van der Waals surface area (Å²) < 4.78 is 25.8. The summed E-state index contributed by atoms with van der Waals surface area (Å²) in [6.45, 7) is 9.35. The molecule has 1 aliphatic heterocycles. The summed E-state index contributed by atoms with van der Waals surface area (Å²) in [5.41, 5.74) is 0.120. The van der Waals surface area contributed by atoms with E-state index in [9.17, 15) is 8.42 Å². The molecule has 0 aliphatic carbocycles. The van der Waals surface area contributed by atoms with Gasteiger partial charge in [0.2, 0.25) is 10.0 Å².